The molecule has 0 bridgehead atoms. The molecule has 0 aliphatic carbocycles. The van der Waals surface area contributed by atoms with Gasteiger partial charge in [0, 0.05) is 33.7 Å². The summed E-state index contributed by atoms with van der Waals surface area (Å²) >= 11 is 0. The standard InChI is InChI=1S/C55H59BN2O/c1-34-29-46-49-47(30-34)58(44-26-21-37(53(5,6)7)31-41(44)35-17-15-14-16-18-35)50-42-32-38(54(8,9)10)23-28-48(42)59-51(50)56(49)43-33-39(55(11,12)13)22-27-45(43)57(46)40-24-19-36(20-25-40)52(2,3)4/h14-33H,1-13H3. The maximum absolute atomic E-state index is 7.33. The van der Waals surface area contributed by atoms with Crippen LogP contribution in [0.4, 0.5) is 34.1 Å². The molecule has 3 heterocycles. The van der Waals surface area contributed by atoms with Crippen molar-refractivity contribution in [1.82, 2.24) is 0 Å². The summed E-state index contributed by atoms with van der Waals surface area (Å²) in [6, 6.07) is 46.2. The molecule has 2 aliphatic heterocycles. The normalized spacial score (nSPS) is 14.1. The van der Waals surface area contributed by atoms with Crippen LogP contribution in [0.25, 0.3) is 22.1 Å². The van der Waals surface area contributed by atoms with Gasteiger partial charge in [0.2, 0.25) is 0 Å². The topological polar surface area (TPSA) is 19.6 Å². The van der Waals surface area contributed by atoms with Crippen LogP contribution in [0.5, 0.6) is 0 Å². The molecule has 0 saturated carbocycles. The number of benzene rings is 6. The fourth-order valence-electron chi connectivity index (χ4n) is 9.24. The van der Waals surface area contributed by atoms with E-state index in [0.29, 0.717) is 0 Å². The molecular weight excluding hydrogens is 715 g/mol. The van der Waals surface area contributed by atoms with Crippen molar-refractivity contribution >= 4 is 68.4 Å². The van der Waals surface area contributed by atoms with E-state index in [0.717, 1.165) is 33.7 Å². The Morgan fingerprint density at radius 3 is 1.61 bits per heavy atom. The van der Waals surface area contributed by atoms with Gasteiger partial charge in [0.15, 0.2) is 0 Å². The average Bonchev–Trinajstić information content (AvgIpc) is 3.55. The molecule has 2 aliphatic rings. The van der Waals surface area contributed by atoms with Crippen molar-refractivity contribution in [1.29, 1.82) is 0 Å². The monoisotopic (exact) mass is 774 g/mol. The molecule has 298 valence electrons. The largest absolute Gasteiger partial charge is 0.468 e. The Morgan fingerprint density at radius 1 is 0.475 bits per heavy atom. The zero-order valence-corrected chi connectivity index (χ0v) is 37.4. The van der Waals surface area contributed by atoms with Gasteiger partial charge in [0.05, 0.1) is 17.0 Å². The van der Waals surface area contributed by atoms with E-state index in [-0.39, 0.29) is 28.4 Å². The Labute approximate surface area is 353 Å². The van der Waals surface area contributed by atoms with Gasteiger partial charge in [0.25, 0.3) is 6.71 Å². The summed E-state index contributed by atoms with van der Waals surface area (Å²) in [4.78, 5) is 5.07. The van der Waals surface area contributed by atoms with Crippen LogP contribution < -0.4 is 26.4 Å². The van der Waals surface area contributed by atoms with E-state index in [1.807, 2.05) is 0 Å². The van der Waals surface area contributed by atoms with Crippen molar-refractivity contribution in [2.45, 2.75) is 112 Å². The number of hydrogen-bond acceptors (Lipinski definition) is 3. The summed E-state index contributed by atoms with van der Waals surface area (Å²) in [7, 11) is 0. The lowest BCUT2D eigenvalue weighted by Gasteiger charge is -2.43. The van der Waals surface area contributed by atoms with Crippen molar-refractivity contribution in [2.75, 3.05) is 9.80 Å². The Kier molecular flexibility index (Phi) is 8.77. The number of aryl methyl sites for hydroxylation is 1. The summed E-state index contributed by atoms with van der Waals surface area (Å²) in [5.74, 6) is 0. The predicted octanol–water partition coefficient (Wildman–Crippen LogP) is 13.7. The van der Waals surface area contributed by atoms with Crippen LogP contribution >= 0.6 is 0 Å². The minimum atomic E-state index is -0.117. The van der Waals surface area contributed by atoms with Gasteiger partial charge < -0.3 is 14.2 Å². The van der Waals surface area contributed by atoms with Gasteiger partial charge in [-0.15, -0.1) is 0 Å². The van der Waals surface area contributed by atoms with E-state index in [1.54, 1.807) is 0 Å². The number of nitrogens with zero attached hydrogens (tertiary/aromatic N) is 2. The summed E-state index contributed by atoms with van der Waals surface area (Å²) in [6.45, 7) is 29.8. The van der Waals surface area contributed by atoms with Gasteiger partial charge in [-0.05, 0) is 127 Å². The highest BCUT2D eigenvalue weighted by Crippen LogP contribution is 2.50. The van der Waals surface area contributed by atoms with E-state index in [1.165, 1.54) is 66.9 Å². The van der Waals surface area contributed by atoms with Gasteiger partial charge in [-0.25, -0.2) is 0 Å². The quantitative estimate of drug-likeness (QED) is 0.167. The Morgan fingerprint density at radius 2 is 1.00 bits per heavy atom. The molecule has 0 saturated heterocycles. The van der Waals surface area contributed by atoms with E-state index in [9.17, 15) is 0 Å². The average molecular weight is 775 g/mol. The van der Waals surface area contributed by atoms with Gasteiger partial charge in [0.1, 0.15) is 5.58 Å². The molecule has 0 amide bonds. The number of rotatable bonds is 3. The number of fused-ring (bicyclic) bond motifs is 6. The first-order chi connectivity index (χ1) is 27.7. The number of hydrogen-bond donors (Lipinski definition) is 0. The molecule has 0 radical (unpaired) electrons. The molecule has 6 aromatic carbocycles. The number of anilines is 6. The van der Waals surface area contributed by atoms with Gasteiger partial charge in [-0.3, -0.25) is 0 Å². The van der Waals surface area contributed by atoms with Crippen LogP contribution in [-0.4, -0.2) is 6.71 Å². The van der Waals surface area contributed by atoms with Gasteiger partial charge in [-0.1, -0.05) is 150 Å². The minimum absolute atomic E-state index is 0.0236. The zero-order valence-electron chi connectivity index (χ0n) is 37.4. The lowest BCUT2D eigenvalue weighted by Crippen LogP contribution is -2.61. The van der Waals surface area contributed by atoms with E-state index < -0.39 is 0 Å². The highest BCUT2D eigenvalue weighted by atomic mass is 16.3. The van der Waals surface area contributed by atoms with Crippen molar-refractivity contribution in [3.05, 3.63) is 149 Å². The fraction of sp³-hybridized carbons (Fsp3) is 0.309. The van der Waals surface area contributed by atoms with Crippen LogP contribution in [-0.2, 0) is 21.7 Å². The van der Waals surface area contributed by atoms with E-state index in [4.69, 9.17) is 4.42 Å². The van der Waals surface area contributed by atoms with Crippen LogP contribution in [0.3, 0.4) is 0 Å². The number of furan rings is 1. The van der Waals surface area contributed by atoms with Crippen molar-refractivity contribution in [3.8, 4) is 11.1 Å². The maximum Gasteiger partial charge on any atom is 0.297 e. The van der Waals surface area contributed by atoms with Crippen LogP contribution in [0, 0.1) is 6.92 Å². The molecule has 59 heavy (non-hydrogen) atoms. The van der Waals surface area contributed by atoms with Gasteiger partial charge >= 0.3 is 0 Å². The fourth-order valence-corrected chi connectivity index (χ4v) is 9.24. The van der Waals surface area contributed by atoms with Gasteiger partial charge in [-0.2, -0.15) is 0 Å². The second-order valence-corrected chi connectivity index (χ2v) is 21.3. The first-order valence-electron chi connectivity index (χ1n) is 21.5. The van der Waals surface area contributed by atoms with Crippen molar-refractivity contribution in [2.24, 2.45) is 0 Å². The van der Waals surface area contributed by atoms with Crippen LogP contribution in [0.15, 0.2) is 126 Å². The minimum Gasteiger partial charge on any atom is -0.468 e. The Bertz CT molecular complexity index is 2760. The molecule has 9 rings (SSSR count). The molecular formula is C55H59BN2O. The highest BCUT2D eigenvalue weighted by molar-refractivity contribution is 7.00. The Hall–Kier alpha value is -5.48. The zero-order chi connectivity index (χ0) is 42.0. The molecule has 0 spiro atoms. The second-order valence-electron chi connectivity index (χ2n) is 21.3. The summed E-state index contributed by atoms with van der Waals surface area (Å²) in [6.07, 6.45) is 0. The van der Waals surface area contributed by atoms with Crippen LogP contribution in [0.1, 0.15) is 111 Å². The molecule has 0 N–H and O–H groups in total. The molecule has 4 heteroatoms. The lowest BCUT2D eigenvalue weighted by molar-refractivity contribution is 0.590. The first-order valence-corrected chi connectivity index (χ1v) is 21.5. The third-order valence-electron chi connectivity index (χ3n) is 12.7. The predicted molar refractivity (Wildman–Crippen MR) is 255 cm³/mol. The van der Waals surface area contributed by atoms with Crippen molar-refractivity contribution < 1.29 is 4.42 Å². The first kappa shape index (κ1) is 39.0. The molecule has 1 aromatic heterocycles. The molecule has 0 unspecified atom stereocenters. The smallest absolute Gasteiger partial charge is 0.297 e. The third kappa shape index (κ3) is 6.51. The Balaban J connectivity index is 1.42. The third-order valence-corrected chi connectivity index (χ3v) is 12.7. The molecule has 0 fully saturated rings. The van der Waals surface area contributed by atoms with Crippen molar-refractivity contribution in [3.63, 3.8) is 0 Å². The summed E-state index contributed by atoms with van der Waals surface area (Å²) in [5.41, 5.74) is 20.3. The van der Waals surface area contributed by atoms with Crippen LogP contribution in [0.2, 0.25) is 0 Å². The maximum atomic E-state index is 7.33. The van der Waals surface area contributed by atoms with E-state index >= 15 is 0 Å². The SMILES string of the molecule is Cc1cc2c3c(c1)N(c1ccc(C(C)(C)C)cc1-c1ccccc1)c1c(oc4ccc(C(C)(C)C)cc14)B3c1cc(C(C)(C)C)ccc1N2c1ccc(C(C)(C)C)cc1. The second kappa shape index (κ2) is 13.3. The molecule has 3 nitrogen and oxygen atoms in total. The molecule has 7 aromatic rings. The lowest BCUT2D eigenvalue weighted by atomic mass is 9.35. The summed E-state index contributed by atoms with van der Waals surface area (Å²) in [5, 5.41) is 1.15. The summed E-state index contributed by atoms with van der Waals surface area (Å²) < 4.78 is 7.33. The highest BCUT2D eigenvalue weighted by Gasteiger charge is 2.47. The molecule has 0 atom stereocenters. The van der Waals surface area contributed by atoms with E-state index in [2.05, 4.69) is 221 Å².